The minimum Gasteiger partial charge on any atom is -0.326 e. The molecular weight excluding hydrogens is 360 g/mol. The van der Waals surface area contributed by atoms with E-state index in [1.54, 1.807) is 0 Å². The number of imidazole rings is 1. The van der Waals surface area contributed by atoms with Gasteiger partial charge in [-0.1, -0.05) is 29.8 Å². The van der Waals surface area contributed by atoms with E-state index >= 15 is 0 Å². The number of hydrogen-bond acceptors (Lipinski definition) is 3. The zero-order valence-electron chi connectivity index (χ0n) is 17.6. The zero-order valence-corrected chi connectivity index (χ0v) is 17.6. The van der Waals surface area contributed by atoms with Gasteiger partial charge in [0.2, 0.25) is 5.91 Å². The third-order valence-corrected chi connectivity index (χ3v) is 5.83. The van der Waals surface area contributed by atoms with Gasteiger partial charge < -0.3 is 9.88 Å². The molecule has 0 unspecified atom stereocenters. The van der Waals surface area contributed by atoms with Gasteiger partial charge in [-0.25, -0.2) is 4.98 Å². The summed E-state index contributed by atoms with van der Waals surface area (Å²) in [5.74, 6) is 1.34. The number of hydrogen-bond donors (Lipinski definition) is 1. The maximum atomic E-state index is 12.6. The standard InChI is InChI=1S/C24H30N4O/c1-17(2)28-22-7-5-4-6-21(22)26-23(28)16-27-14-12-19(13-15-27)24(29)25-20-10-8-18(3)9-11-20/h4-11,17,19H,12-16H2,1-3H3,(H,25,29). The lowest BCUT2D eigenvalue weighted by atomic mass is 9.95. The Morgan fingerprint density at radius 2 is 1.79 bits per heavy atom. The van der Waals surface area contributed by atoms with Crippen LogP contribution in [0.4, 0.5) is 5.69 Å². The fraction of sp³-hybridized carbons (Fsp3) is 0.417. The molecule has 1 fully saturated rings. The Balaban J connectivity index is 1.38. The van der Waals surface area contributed by atoms with Crippen LogP contribution in [0, 0.1) is 12.8 Å². The highest BCUT2D eigenvalue weighted by molar-refractivity contribution is 5.92. The molecule has 0 spiro atoms. The van der Waals surface area contributed by atoms with Gasteiger partial charge in [0.25, 0.3) is 0 Å². The Bertz CT molecular complexity index is 982. The van der Waals surface area contributed by atoms with E-state index in [9.17, 15) is 4.79 Å². The minimum absolute atomic E-state index is 0.0801. The van der Waals surface area contributed by atoms with Crippen LogP contribution in [-0.4, -0.2) is 33.4 Å². The molecule has 5 nitrogen and oxygen atoms in total. The molecule has 1 aliphatic rings. The lowest BCUT2D eigenvalue weighted by Crippen LogP contribution is -2.38. The monoisotopic (exact) mass is 390 g/mol. The number of nitrogens with one attached hydrogen (secondary N) is 1. The number of amides is 1. The molecule has 1 N–H and O–H groups in total. The van der Waals surface area contributed by atoms with Crippen LogP contribution in [0.5, 0.6) is 0 Å². The summed E-state index contributed by atoms with van der Waals surface area (Å²) in [5.41, 5.74) is 4.34. The predicted molar refractivity (Wildman–Crippen MR) is 118 cm³/mol. The number of piperidine rings is 1. The number of aryl methyl sites for hydroxylation is 1. The fourth-order valence-electron chi connectivity index (χ4n) is 4.22. The number of fused-ring (bicyclic) bond motifs is 1. The van der Waals surface area contributed by atoms with Gasteiger partial charge >= 0.3 is 0 Å². The van der Waals surface area contributed by atoms with Crippen molar-refractivity contribution in [1.82, 2.24) is 14.5 Å². The van der Waals surface area contributed by atoms with E-state index in [4.69, 9.17) is 4.98 Å². The van der Waals surface area contributed by atoms with Crippen molar-refractivity contribution in [2.75, 3.05) is 18.4 Å². The summed E-state index contributed by atoms with van der Waals surface area (Å²) in [7, 11) is 0. The van der Waals surface area contributed by atoms with Crippen molar-refractivity contribution in [3.63, 3.8) is 0 Å². The predicted octanol–water partition coefficient (Wildman–Crippen LogP) is 4.78. The van der Waals surface area contributed by atoms with E-state index in [1.165, 1.54) is 11.1 Å². The van der Waals surface area contributed by atoms with Crippen LogP contribution < -0.4 is 5.32 Å². The molecule has 1 aliphatic heterocycles. The second-order valence-corrected chi connectivity index (χ2v) is 8.39. The topological polar surface area (TPSA) is 50.2 Å². The molecule has 0 atom stereocenters. The highest BCUT2D eigenvalue weighted by Crippen LogP contribution is 2.25. The third kappa shape index (κ3) is 4.35. The van der Waals surface area contributed by atoms with Crippen molar-refractivity contribution < 1.29 is 4.79 Å². The summed E-state index contributed by atoms with van der Waals surface area (Å²) in [4.78, 5) is 19.9. The number of aromatic nitrogens is 2. The average Bonchev–Trinajstić information content (AvgIpc) is 3.08. The Labute approximate surface area is 172 Å². The molecular formula is C24H30N4O. The van der Waals surface area contributed by atoms with E-state index in [1.807, 2.05) is 30.3 Å². The van der Waals surface area contributed by atoms with Crippen molar-refractivity contribution >= 4 is 22.6 Å². The number of carbonyl (C=O) groups excluding carboxylic acids is 1. The number of nitrogens with zero attached hydrogens (tertiary/aromatic N) is 3. The van der Waals surface area contributed by atoms with Gasteiger partial charge in [-0.15, -0.1) is 0 Å². The Morgan fingerprint density at radius 3 is 2.48 bits per heavy atom. The molecule has 1 aromatic heterocycles. The Kier molecular flexibility index (Phi) is 5.67. The lowest BCUT2D eigenvalue weighted by molar-refractivity contribution is -0.121. The molecule has 29 heavy (non-hydrogen) atoms. The lowest BCUT2D eigenvalue weighted by Gasteiger charge is -2.31. The van der Waals surface area contributed by atoms with Crippen molar-refractivity contribution in [2.24, 2.45) is 5.92 Å². The fourth-order valence-corrected chi connectivity index (χ4v) is 4.22. The van der Waals surface area contributed by atoms with Gasteiger partial charge in [-0.05, 0) is 71.0 Å². The van der Waals surface area contributed by atoms with Gasteiger partial charge in [0.05, 0.1) is 17.6 Å². The molecule has 3 aromatic rings. The van der Waals surface area contributed by atoms with E-state index in [0.29, 0.717) is 6.04 Å². The quantitative estimate of drug-likeness (QED) is 0.682. The van der Waals surface area contributed by atoms with Crippen LogP contribution >= 0.6 is 0 Å². The molecule has 5 heteroatoms. The van der Waals surface area contributed by atoms with Crippen LogP contribution in [0.3, 0.4) is 0 Å². The maximum absolute atomic E-state index is 12.6. The van der Waals surface area contributed by atoms with Gasteiger partial charge in [0, 0.05) is 17.6 Å². The van der Waals surface area contributed by atoms with Crippen molar-refractivity contribution in [3.8, 4) is 0 Å². The molecule has 2 aromatic carbocycles. The number of rotatable bonds is 5. The second kappa shape index (κ2) is 8.37. The molecule has 0 bridgehead atoms. The molecule has 0 saturated carbocycles. The summed E-state index contributed by atoms with van der Waals surface area (Å²) in [6.45, 7) is 9.15. The SMILES string of the molecule is Cc1ccc(NC(=O)C2CCN(Cc3nc4ccccc4n3C(C)C)CC2)cc1. The van der Waals surface area contributed by atoms with Gasteiger partial charge in [0.1, 0.15) is 5.82 Å². The largest absolute Gasteiger partial charge is 0.326 e. The van der Waals surface area contributed by atoms with Gasteiger partial charge in [-0.3, -0.25) is 9.69 Å². The molecule has 1 saturated heterocycles. The van der Waals surface area contributed by atoms with Gasteiger partial charge in [-0.2, -0.15) is 0 Å². The van der Waals surface area contributed by atoms with E-state index in [2.05, 4.69) is 53.8 Å². The zero-order chi connectivity index (χ0) is 20.4. The molecule has 0 radical (unpaired) electrons. The number of benzene rings is 2. The number of carbonyl (C=O) groups is 1. The van der Waals surface area contributed by atoms with Crippen molar-refractivity contribution in [2.45, 2.75) is 46.2 Å². The summed E-state index contributed by atoms with van der Waals surface area (Å²) < 4.78 is 2.34. The third-order valence-electron chi connectivity index (χ3n) is 5.83. The number of anilines is 1. The highest BCUT2D eigenvalue weighted by atomic mass is 16.1. The summed E-state index contributed by atoms with van der Waals surface area (Å²) in [5, 5.41) is 3.07. The Hall–Kier alpha value is -2.66. The molecule has 0 aliphatic carbocycles. The second-order valence-electron chi connectivity index (χ2n) is 8.39. The number of likely N-dealkylation sites (tertiary alicyclic amines) is 1. The molecule has 1 amide bonds. The minimum atomic E-state index is 0.0801. The first-order valence-electron chi connectivity index (χ1n) is 10.6. The first-order chi connectivity index (χ1) is 14.0. The Morgan fingerprint density at radius 1 is 1.10 bits per heavy atom. The normalized spacial score (nSPS) is 15.9. The molecule has 2 heterocycles. The van der Waals surface area contributed by atoms with E-state index in [0.717, 1.165) is 49.5 Å². The van der Waals surface area contributed by atoms with Crippen LogP contribution in [-0.2, 0) is 11.3 Å². The van der Waals surface area contributed by atoms with Crippen LogP contribution in [0.2, 0.25) is 0 Å². The maximum Gasteiger partial charge on any atom is 0.227 e. The summed E-state index contributed by atoms with van der Waals surface area (Å²) in [6.07, 6.45) is 1.78. The molecule has 152 valence electrons. The smallest absolute Gasteiger partial charge is 0.227 e. The van der Waals surface area contributed by atoms with E-state index < -0.39 is 0 Å². The van der Waals surface area contributed by atoms with Gasteiger partial charge in [0.15, 0.2) is 0 Å². The van der Waals surface area contributed by atoms with Crippen LogP contribution in [0.25, 0.3) is 11.0 Å². The first-order valence-corrected chi connectivity index (χ1v) is 10.6. The summed E-state index contributed by atoms with van der Waals surface area (Å²) in [6, 6.07) is 16.7. The van der Waals surface area contributed by atoms with Crippen LogP contribution in [0.1, 0.15) is 44.1 Å². The highest BCUT2D eigenvalue weighted by Gasteiger charge is 2.26. The summed E-state index contributed by atoms with van der Waals surface area (Å²) >= 11 is 0. The number of para-hydroxylation sites is 2. The van der Waals surface area contributed by atoms with E-state index in [-0.39, 0.29) is 11.8 Å². The van der Waals surface area contributed by atoms with Crippen molar-refractivity contribution in [3.05, 3.63) is 59.9 Å². The van der Waals surface area contributed by atoms with Crippen LogP contribution in [0.15, 0.2) is 48.5 Å². The molecule has 4 rings (SSSR count). The average molecular weight is 391 g/mol. The first kappa shape index (κ1) is 19.6. The van der Waals surface area contributed by atoms with Crippen molar-refractivity contribution in [1.29, 1.82) is 0 Å².